The van der Waals surface area contributed by atoms with E-state index < -0.39 is 12.5 Å². The van der Waals surface area contributed by atoms with Gasteiger partial charge in [0.15, 0.2) is 12.4 Å². The highest BCUT2D eigenvalue weighted by Crippen LogP contribution is 2.37. The standard InChI is InChI=1S/C25H20N2O5S/c1-14-8-9-16-19(11-14)32-23(18-6-4-10-30-18)24(22(16)29)31-13-21(28)27-25-17(12-26)15-5-2-3-7-20(15)33-25/h4,6,8-11H,2-3,5,7,13H2,1H3,(H,27,28). The summed E-state index contributed by atoms with van der Waals surface area (Å²) in [4.78, 5) is 27.0. The first kappa shape index (κ1) is 21.0. The molecule has 5 rings (SSSR count). The first-order valence-corrected chi connectivity index (χ1v) is 11.5. The molecular weight excluding hydrogens is 440 g/mol. The minimum Gasteiger partial charge on any atom is -0.476 e. The molecule has 7 nitrogen and oxygen atoms in total. The van der Waals surface area contributed by atoms with Crippen LogP contribution >= 0.6 is 11.3 Å². The molecule has 4 aromatic rings. The van der Waals surface area contributed by atoms with Crippen molar-refractivity contribution < 1.29 is 18.4 Å². The second-order valence-electron chi connectivity index (χ2n) is 7.93. The molecule has 0 atom stereocenters. The number of hydrogen-bond donors (Lipinski definition) is 1. The molecule has 166 valence electrons. The maximum atomic E-state index is 13.2. The van der Waals surface area contributed by atoms with Crippen LogP contribution in [0.5, 0.6) is 5.75 Å². The Balaban J connectivity index is 1.43. The van der Waals surface area contributed by atoms with Crippen molar-refractivity contribution in [3.05, 3.63) is 68.4 Å². The number of carbonyl (C=O) groups is 1. The highest BCUT2D eigenvalue weighted by Gasteiger charge is 2.23. The summed E-state index contributed by atoms with van der Waals surface area (Å²) in [5.41, 5.74) is 2.53. The van der Waals surface area contributed by atoms with E-state index in [0.717, 1.165) is 41.7 Å². The van der Waals surface area contributed by atoms with E-state index >= 15 is 0 Å². The zero-order valence-corrected chi connectivity index (χ0v) is 18.7. The van der Waals surface area contributed by atoms with Gasteiger partial charge in [-0.05, 0) is 68.0 Å². The van der Waals surface area contributed by atoms with Gasteiger partial charge in [0.05, 0.1) is 17.2 Å². The molecule has 3 heterocycles. The number of carbonyl (C=O) groups excluding carboxylic acids is 1. The van der Waals surface area contributed by atoms with Gasteiger partial charge in [-0.3, -0.25) is 9.59 Å². The molecule has 1 aromatic carbocycles. The first-order chi connectivity index (χ1) is 16.0. The van der Waals surface area contributed by atoms with Crippen molar-refractivity contribution in [1.82, 2.24) is 0 Å². The van der Waals surface area contributed by atoms with Crippen molar-refractivity contribution in [3.8, 4) is 23.3 Å². The lowest BCUT2D eigenvalue weighted by Crippen LogP contribution is -2.22. The van der Waals surface area contributed by atoms with E-state index in [9.17, 15) is 14.9 Å². The summed E-state index contributed by atoms with van der Waals surface area (Å²) in [5.74, 6) is -0.106. The van der Waals surface area contributed by atoms with Crippen LogP contribution in [0.25, 0.3) is 22.5 Å². The molecule has 8 heteroatoms. The quantitative estimate of drug-likeness (QED) is 0.439. The summed E-state index contributed by atoms with van der Waals surface area (Å²) in [6.45, 7) is 1.49. The fraction of sp³-hybridized carbons (Fsp3) is 0.240. The van der Waals surface area contributed by atoms with Gasteiger partial charge in [0.1, 0.15) is 16.7 Å². The normalized spacial score (nSPS) is 12.8. The highest BCUT2D eigenvalue weighted by atomic mass is 32.1. The molecule has 3 aromatic heterocycles. The van der Waals surface area contributed by atoms with E-state index in [0.29, 0.717) is 27.3 Å². The number of ether oxygens (including phenoxy) is 1. The topological polar surface area (TPSA) is 105 Å². The molecule has 1 N–H and O–H groups in total. The zero-order chi connectivity index (χ0) is 22.9. The maximum absolute atomic E-state index is 13.2. The van der Waals surface area contributed by atoms with E-state index in [-0.39, 0.29) is 16.9 Å². The van der Waals surface area contributed by atoms with Crippen molar-refractivity contribution in [2.75, 3.05) is 11.9 Å². The molecular formula is C25H20N2O5S. The summed E-state index contributed by atoms with van der Waals surface area (Å²) in [6.07, 6.45) is 5.37. The third-order valence-electron chi connectivity index (χ3n) is 5.63. The molecule has 0 saturated heterocycles. The van der Waals surface area contributed by atoms with E-state index in [1.54, 1.807) is 24.3 Å². The van der Waals surface area contributed by atoms with E-state index in [4.69, 9.17) is 13.6 Å². The lowest BCUT2D eigenvalue weighted by Gasteiger charge is -2.11. The number of nitriles is 1. The molecule has 1 aliphatic carbocycles. The van der Waals surface area contributed by atoms with Crippen molar-refractivity contribution in [2.45, 2.75) is 32.6 Å². The van der Waals surface area contributed by atoms with Gasteiger partial charge in [0, 0.05) is 4.88 Å². The van der Waals surface area contributed by atoms with E-state index in [1.165, 1.54) is 17.6 Å². The predicted octanol–water partition coefficient (Wildman–Crippen LogP) is 5.19. The molecule has 0 unspecified atom stereocenters. The van der Waals surface area contributed by atoms with E-state index in [2.05, 4.69) is 11.4 Å². The van der Waals surface area contributed by atoms with Crippen LogP contribution in [0.3, 0.4) is 0 Å². The number of anilines is 1. The average Bonchev–Trinajstić information content (AvgIpc) is 3.45. The molecule has 0 bridgehead atoms. The summed E-state index contributed by atoms with van der Waals surface area (Å²) in [7, 11) is 0. The van der Waals surface area contributed by atoms with Gasteiger partial charge in [0.25, 0.3) is 5.91 Å². The Hall–Kier alpha value is -3.83. The Labute approximate surface area is 193 Å². The molecule has 0 fully saturated rings. The lowest BCUT2D eigenvalue weighted by atomic mass is 9.96. The summed E-state index contributed by atoms with van der Waals surface area (Å²) in [5, 5.41) is 13.3. The number of aryl methyl sites for hydroxylation is 2. The Morgan fingerprint density at radius 3 is 2.91 bits per heavy atom. The summed E-state index contributed by atoms with van der Waals surface area (Å²) in [6, 6.07) is 10.8. The van der Waals surface area contributed by atoms with Crippen LogP contribution in [0, 0.1) is 18.3 Å². The Morgan fingerprint density at radius 2 is 2.12 bits per heavy atom. The second-order valence-corrected chi connectivity index (χ2v) is 9.04. The van der Waals surface area contributed by atoms with Gasteiger partial charge in [0.2, 0.25) is 16.9 Å². The van der Waals surface area contributed by atoms with Crippen LogP contribution in [0.4, 0.5) is 5.00 Å². The molecule has 1 aliphatic rings. The molecule has 0 aliphatic heterocycles. The fourth-order valence-corrected chi connectivity index (χ4v) is 5.31. The minimum absolute atomic E-state index is 0.0950. The zero-order valence-electron chi connectivity index (χ0n) is 17.9. The lowest BCUT2D eigenvalue weighted by molar-refractivity contribution is -0.118. The van der Waals surface area contributed by atoms with Gasteiger partial charge in [-0.2, -0.15) is 5.26 Å². The number of thiophene rings is 1. The van der Waals surface area contributed by atoms with Gasteiger partial charge in [-0.1, -0.05) is 6.07 Å². The Kier molecular flexibility index (Phi) is 5.48. The maximum Gasteiger partial charge on any atom is 0.262 e. The van der Waals surface area contributed by atoms with Crippen LogP contribution < -0.4 is 15.5 Å². The fourth-order valence-electron chi connectivity index (χ4n) is 4.06. The number of amides is 1. The number of nitrogens with zero attached hydrogens (tertiary/aromatic N) is 1. The average molecular weight is 461 g/mol. The third-order valence-corrected chi connectivity index (χ3v) is 6.84. The van der Waals surface area contributed by atoms with Crippen LogP contribution in [0.2, 0.25) is 0 Å². The van der Waals surface area contributed by atoms with Crippen LogP contribution in [0.1, 0.15) is 34.4 Å². The van der Waals surface area contributed by atoms with Crippen molar-refractivity contribution in [2.24, 2.45) is 0 Å². The number of fused-ring (bicyclic) bond motifs is 2. The largest absolute Gasteiger partial charge is 0.476 e. The monoisotopic (exact) mass is 460 g/mol. The van der Waals surface area contributed by atoms with Crippen LogP contribution in [-0.2, 0) is 17.6 Å². The van der Waals surface area contributed by atoms with Crippen LogP contribution in [0.15, 0.2) is 50.2 Å². The van der Waals surface area contributed by atoms with Gasteiger partial charge in [-0.15, -0.1) is 11.3 Å². The second kappa shape index (κ2) is 8.60. The Bertz CT molecular complexity index is 1460. The van der Waals surface area contributed by atoms with Crippen molar-refractivity contribution >= 4 is 33.2 Å². The molecule has 0 saturated carbocycles. The van der Waals surface area contributed by atoms with E-state index in [1.807, 2.05) is 13.0 Å². The van der Waals surface area contributed by atoms with Gasteiger partial charge in [-0.25, -0.2) is 0 Å². The number of nitrogens with one attached hydrogen (secondary N) is 1. The van der Waals surface area contributed by atoms with Crippen molar-refractivity contribution in [3.63, 3.8) is 0 Å². The molecule has 33 heavy (non-hydrogen) atoms. The summed E-state index contributed by atoms with van der Waals surface area (Å²) < 4.78 is 17.1. The Morgan fingerprint density at radius 1 is 1.27 bits per heavy atom. The highest BCUT2D eigenvalue weighted by molar-refractivity contribution is 7.16. The smallest absolute Gasteiger partial charge is 0.262 e. The van der Waals surface area contributed by atoms with Crippen molar-refractivity contribution in [1.29, 1.82) is 5.26 Å². The minimum atomic E-state index is -0.459. The SMILES string of the molecule is Cc1ccc2c(=O)c(OCC(=O)Nc3sc4c(c3C#N)CCCC4)c(-c3ccco3)oc2c1. The number of furan rings is 1. The van der Waals surface area contributed by atoms with Gasteiger partial charge >= 0.3 is 0 Å². The third kappa shape index (κ3) is 3.92. The number of benzene rings is 1. The predicted molar refractivity (Wildman–Crippen MR) is 125 cm³/mol. The van der Waals surface area contributed by atoms with Crippen LogP contribution in [-0.4, -0.2) is 12.5 Å². The summed E-state index contributed by atoms with van der Waals surface area (Å²) >= 11 is 1.44. The number of hydrogen-bond acceptors (Lipinski definition) is 7. The molecule has 0 spiro atoms. The molecule has 1 amide bonds. The van der Waals surface area contributed by atoms with Gasteiger partial charge < -0.3 is 18.9 Å². The molecule has 0 radical (unpaired) electrons. The first-order valence-electron chi connectivity index (χ1n) is 10.6. The number of rotatable bonds is 5.